The molecule has 3 nitrogen and oxygen atoms in total. The summed E-state index contributed by atoms with van der Waals surface area (Å²) in [5, 5.41) is -1.46. The molecule has 0 N–H and O–H groups in total. The molecule has 2 heterocycles. The summed E-state index contributed by atoms with van der Waals surface area (Å²) in [6.07, 6.45) is 1.38. The van der Waals surface area contributed by atoms with Crippen LogP contribution in [0.3, 0.4) is 0 Å². The van der Waals surface area contributed by atoms with Crippen LogP contribution in [0.4, 0.5) is 17.6 Å². The standard InChI is InChI=1S/C15H14F4O3S/c16-10-6-11(17)14(19)12(13(10)18)15(20)7-4-8-2-1-3-9(5-7)23(8,21)22/h6-9H,1-5H2. The van der Waals surface area contributed by atoms with E-state index in [4.69, 9.17) is 0 Å². The molecular formula is C15H14F4O3S. The second kappa shape index (κ2) is 5.58. The van der Waals surface area contributed by atoms with Crippen LogP contribution in [-0.2, 0) is 9.84 Å². The van der Waals surface area contributed by atoms with Gasteiger partial charge in [0, 0.05) is 12.0 Å². The number of sulfone groups is 1. The number of carbonyl (C=O) groups is 1. The number of benzene rings is 1. The van der Waals surface area contributed by atoms with Crippen molar-refractivity contribution in [2.45, 2.75) is 42.6 Å². The van der Waals surface area contributed by atoms with Crippen molar-refractivity contribution in [3.8, 4) is 0 Å². The van der Waals surface area contributed by atoms with Crippen LogP contribution in [0.1, 0.15) is 42.5 Å². The summed E-state index contributed by atoms with van der Waals surface area (Å²) in [5.41, 5.74) is -1.25. The van der Waals surface area contributed by atoms with Gasteiger partial charge in [-0.3, -0.25) is 4.79 Å². The topological polar surface area (TPSA) is 51.2 Å². The molecule has 23 heavy (non-hydrogen) atoms. The molecule has 0 aromatic heterocycles. The molecule has 2 saturated heterocycles. The molecule has 0 amide bonds. The van der Waals surface area contributed by atoms with Crippen LogP contribution in [0, 0.1) is 29.2 Å². The SMILES string of the molecule is O=C(c1c(F)c(F)cc(F)c1F)C1CC2CCCC(C1)S2(=O)=O. The third-order valence-corrected chi connectivity index (χ3v) is 7.52. The van der Waals surface area contributed by atoms with E-state index in [0.29, 0.717) is 19.3 Å². The maximum Gasteiger partial charge on any atom is 0.172 e. The Morgan fingerprint density at radius 3 is 1.91 bits per heavy atom. The number of Topliss-reactive ketones (excluding diaryl/α,β-unsaturated/α-hetero) is 1. The smallest absolute Gasteiger partial charge is 0.172 e. The fraction of sp³-hybridized carbons (Fsp3) is 0.533. The van der Waals surface area contributed by atoms with Gasteiger partial charge >= 0.3 is 0 Å². The average molecular weight is 350 g/mol. The first-order valence-electron chi connectivity index (χ1n) is 7.33. The molecule has 0 saturated carbocycles. The van der Waals surface area contributed by atoms with E-state index in [-0.39, 0.29) is 18.9 Å². The average Bonchev–Trinajstić information content (AvgIpc) is 2.44. The van der Waals surface area contributed by atoms with Gasteiger partial charge in [0.25, 0.3) is 0 Å². The molecule has 2 aliphatic rings. The van der Waals surface area contributed by atoms with E-state index in [1.54, 1.807) is 0 Å². The van der Waals surface area contributed by atoms with Crippen LogP contribution in [0.2, 0.25) is 0 Å². The number of hydrogen-bond donors (Lipinski definition) is 0. The van der Waals surface area contributed by atoms with Gasteiger partial charge in [-0.05, 0) is 25.7 Å². The van der Waals surface area contributed by atoms with Crippen molar-refractivity contribution in [2.75, 3.05) is 0 Å². The van der Waals surface area contributed by atoms with Gasteiger partial charge in [0.15, 0.2) is 38.9 Å². The van der Waals surface area contributed by atoms with E-state index in [2.05, 4.69) is 0 Å². The Labute approximate surface area is 130 Å². The van der Waals surface area contributed by atoms with Gasteiger partial charge in [-0.1, -0.05) is 6.42 Å². The minimum Gasteiger partial charge on any atom is -0.294 e. The lowest BCUT2D eigenvalue weighted by Crippen LogP contribution is -2.45. The molecule has 1 aromatic rings. The number of halogens is 4. The number of fused-ring (bicyclic) bond motifs is 2. The molecule has 2 bridgehead atoms. The van der Waals surface area contributed by atoms with Gasteiger partial charge in [0.1, 0.15) is 0 Å². The van der Waals surface area contributed by atoms with Crippen molar-refractivity contribution in [2.24, 2.45) is 5.92 Å². The third kappa shape index (κ3) is 2.56. The van der Waals surface area contributed by atoms with Gasteiger partial charge < -0.3 is 0 Å². The van der Waals surface area contributed by atoms with Crippen LogP contribution in [0.15, 0.2) is 6.07 Å². The summed E-state index contributed by atoms with van der Waals surface area (Å²) in [7, 11) is -3.34. The maximum absolute atomic E-state index is 13.8. The Bertz CT molecular complexity index is 729. The first-order chi connectivity index (χ1) is 10.7. The normalized spacial score (nSPS) is 29.3. The van der Waals surface area contributed by atoms with E-state index in [0.717, 1.165) is 0 Å². The molecule has 1 aromatic carbocycles. The Morgan fingerprint density at radius 2 is 1.43 bits per heavy atom. The number of ketones is 1. The first-order valence-corrected chi connectivity index (χ1v) is 8.94. The summed E-state index contributed by atoms with van der Waals surface area (Å²) in [5.74, 6) is -8.75. The fourth-order valence-corrected chi connectivity index (χ4v) is 6.15. The first kappa shape index (κ1) is 16.4. The van der Waals surface area contributed by atoms with Crippen molar-refractivity contribution in [1.82, 2.24) is 0 Å². The van der Waals surface area contributed by atoms with Gasteiger partial charge in [-0.15, -0.1) is 0 Å². The number of rotatable bonds is 2. The molecule has 0 spiro atoms. The van der Waals surface area contributed by atoms with Crippen molar-refractivity contribution >= 4 is 15.6 Å². The Balaban J connectivity index is 1.97. The lowest BCUT2D eigenvalue weighted by atomic mass is 9.84. The number of carbonyl (C=O) groups excluding carboxylic acids is 1. The fourth-order valence-electron chi connectivity index (χ4n) is 3.62. The van der Waals surface area contributed by atoms with E-state index >= 15 is 0 Å². The Hall–Kier alpha value is -1.44. The van der Waals surface area contributed by atoms with Crippen LogP contribution in [0.5, 0.6) is 0 Å². The molecule has 2 aliphatic heterocycles. The molecule has 0 radical (unpaired) electrons. The van der Waals surface area contributed by atoms with Gasteiger partial charge in [0.2, 0.25) is 0 Å². The van der Waals surface area contributed by atoms with Crippen LogP contribution >= 0.6 is 0 Å². The lowest BCUT2D eigenvalue weighted by Gasteiger charge is -2.38. The zero-order valence-electron chi connectivity index (χ0n) is 12.0. The monoisotopic (exact) mass is 350 g/mol. The minimum atomic E-state index is -3.34. The van der Waals surface area contributed by atoms with Crippen molar-refractivity contribution in [3.05, 3.63) is 34.9 Å². The van der Waals surface area contributed by atoms with Crippen LogP contribution in [0.25, 0.3) is 0 Å². The molecule has 2 unspecified atom stereocenters. The molecule has 3 rings (SSSR count). The van der Waals surface area contributed by atoms with E-state index in [1.165, 1.54) is 0 Å². The highest BCUT2D eigenvalue weighted by atomic mass is 32.2. The molecule has 0 aliphatic carbocycles. The van der Waals surface area contributed by atoms with Crippen LogP contribution in [-0.4, -0.2) is 24.7 Å². The number of hydrogen-bond acceptors (Lipinski definition) is 3. The second-order valence-corrected chi connectivity index (χ2v) is 8.65. The quantitative estimate of drug-likeness (QED) is 0.468. The van der Waals surface area contributed by atoms with Gasteiger partial charge in [-0.2, -0.15) is 0 Å². The second-order valence-electron chi connectivity index (χ2n) is 6.14. The molecule has 8 heteroatoms. The minimum absolute atomic E-state index is 0.0432. The molecular weight excluding hydrogens is 336 g/mol. The zero-order chi connectivity index (χ0) is 16.9. The van der Waals surface area contributed by atoms with Gasteiger partial charge in [0.05, 0.1) is 16.1 Å². The van der Waals surface area contributed by atoms with E-state index in [1.807, 2.05) is 0 Å². The Morgan fingerprint density at radius 1 is 0.957 bits per heavy atom. The summed E-state index contributed by atoms with van der Waals surface area (Å²) >= 11 is 0. The van der Waals surface area contributed by atoms with Crippen molar-refractivity contribution in [1.29, 1.82) is 0 Å². The zero-order valence-corrected chi connectivity index (χ0v) is 12.8. The van der Waals surface area contributed by atoms with Crippen molar-refractivity contribution < 1.29 is 30.8 Å². The van der Waals surface area contributed by atoms with Crippen molar-refractivity contribution in [3.63, 3.8) is 0 Å². The maximum atomic E-state index is 13.8. The molecule has 2 atom stereocenters. The third-order valence-electron chi connectivity index (χ3n) is 4.81. The molecule has 126 valence electrons. The Kier molecular flexibility index (Phi) is 3.98. The van der Waals surface area contributed by atoms with E-state index in [9.17, 15) is 30.8 Å². The van der Waals surface area contributed by atoms with Crippen LogP contribution < -0.4 is 0 Å². The largest absolute Gasteiger partial charge is 0.294 e. The summed E-state index contributed by atoms with van der Waals surface area (Å²) < 4.78 is 78.4. The summed E-state index contributed by atoms with van der Waals surface area (Å²) in [6.45, 7) is 0. The predicted molar refractivity (Wildman–Crippen MR) is 73.7 cm³/mol. The summed E-state index contributed by atoms with van der Waals surface area (Å²) in [4.78, 5) is 12.4. The predicted octanol–water partition coefficient (Wildman–Crippen LogP) is 3.17. The summed E-state index contributed by atoms with van der Waals surface area (Å²) in [6, 6.07) is 0.0432. The highest BCUT2D eigenvalue weighted by Crippen LogP contribution is 2.41. The lowest BCUT2D eigenvalue weighted by molar-refractivity contribution is 0.0882. The highest BCUT2D eigenvalue weighted by Gasteiger charge is 2.47. The van der Waals surface area contributed by atoms with E-state index < -0.39 is 60.9 Å². The van der Waals surface area contributed by atoms with Gasteiger partial charge in [-0.25, -0.2) is 26.0 Å². The molecule has 2 fully saturated rings. The highest BCUT2D eigenvalue weighted by molar-refractivity contribution is 7.92.